The quantitative estimate of drug-likeness (QED) is 0.603. The van der Waals surface area contributed by atoms with Crippen molar-refractivity contribution in [2.75, 3.05) is 19.6 Å². The first-order valence-electron chi connectivity index (χ1n) is 7.53. The van der Waals surface area contributed by atoms with E-state index in [9.17, 15) is 4.79 Å². The molecule has 0 N–H and O–H groups in total. The Morgan fingerprint density at radius 3 is 2.53 bits per heavy atom. The number of carbonyl (C=O) groups is 1. The van der Waals surface area contributed by atoms with E-state index in [1.54, 1.807) is 0 Å². The zero-order chi connectivity index (χ0) is 12.5. The summed E-state index contributed by atoms with van der Waals surface area (Å²) in [4.78, 5) is 14.3. The summed E-state index contributed by atoms with van der Waals surface area (Å²) in [6.07, 6.45) is 9.58. The lowest BCUT2D eigenvalue weighted by molar-refractivity contribution is -0.126. The molecule has 1 aliphatic heterocycles. The fourth-order valence-corrected chi connectivity index (χ4v) is 2.66. The second-order valence-corrected chi connectivity index (χ2v) is 5.42. The van der Waals surface area contributed by atoms with Crippen LogP contribution in [-0.4, -0.2) is 30.3 Å². The van der Waals surface area contributed by atoms with Gasteiger partial charge in [0.2, 0.25) is 0 Å². The van der Waals surface area contributed by atoms with Crippen LogP contribution in [0, 0.1) is 5.92 Å². The highest BCUT2D eigenvalue weighted by molar-refractivity contribution is 5.82. The van der Waals surface area contributed by atoms with E-state index >= 15 is 0 Å². The molecule has 0 saturated carbocycles. The van der Waals surface area contributed by atoms with Crippen LogP contribution in [0.2, 0.25) is 0 Å². The molecule has 1 fully saturated rings. The highest BCUT2D eigenvalue weighted by atomic mass is 16.1. The fourth-order valence-electron chi connectivity index (χ4n) is 2.66. The number of piperidine rings is 1. The number of rotatable bonds is 8. The van der Waals surface area contributed by atoms with Crippen molar-refractivity contribution < 1.29 is 4.79 Å². The summed E-state index contributed by atoms with van der Waals surface area (Å²) in [6, 6.07) is 0. The Hall–Kier alpha value is -0.370. The highest BCUT2D eigenvalue weighted by Gasteiger charge is 2.25. The van der Waals surface area contributed by atoms with E-state index in [-0.39, 0.29) is 0 Å². The minimum absolute atomic E-state index is 0.344. The highest BCUT2D eigenvalue weighted by Crippen LogP contribution is 2.19. The Labute approximate surface area is 107 Å². The Balaban J connectivity index is 2.24. The topological polar surface area (TPSA) is 20.3 Å². The van der Waals surface area contributed by atoms with E-state index in [2.05, 4.69) is 18.7 Å². The molecule has 0 aromatic heterocycles. The molecule has 1 heterocycles. The van der Waals surface area contributed by atoms with Gasteiger partial charge in [0.15, 0.2) is 0 Å². The minimum atomic E-state index is 0.344. The van der Waals surface area contributed by atoms with Gasteiger partial charge in [-0.25, -0.2) is 0 Å². The molecule has 0 aromatic carbocycles. The number of likely N-dealkylation sites (tertiary alicyclic amines) is 1. The molecule has 100 valence electrons. The number of Topliss-reactive ketones (excluding diaryl/α,β-unsaturated/α-hetero) is 1. The largest absolute Gasteiger partial charge is 0.302 e. The first-order chi connectivity index (χ1) is 8.27. The van der Waals surface area contributed by atoms with E-state index in [0.29, 0.717) is 11.7 Å². The van der Waals surface area contributed by atoms with E-state index in [4.69, 9.17) is 0 Å². The van der Waals surface area contributed by atoms with Crippen LogP contribution < -0.4 is 0 Å². The molecule has 0 bridgehead atoms. The molecule has 1 unspecified atom stereocenters. The van der Waals surface area contributed by atoms with Crippen molar-refractivity contribution in [1.82, 2.24) is 4.90 Å². The maximum atomic E-state index is 11.8. The predicted molar refractivity (Wildman–Crippen MR) is 73.2 cm³/mol. The summed E-state index contributed by atoms with van der Waals surface area (Å²) in [7, 11) is 0. The lowest BCUT2D eigenvalue weighted by atomic mass is 9.91. The van der Waals surface area contributed by atoms with Crippen molar-refractivity contribution in [3.8, 4) is 0 Å². The van der Waals surface area contributed by atoms with Crippen LogP contribution in [0.25, 0.3) is 0 Å². The molecular weight excluding hydrogens is 210 g/mol. The first-order valence-corrected chi connectivity index (χ1v) is 7.53. The summed E-state index contributed by atoms with van der Waals surface area (Å²) in [6.45, 7) is 7.71. The maximum Gasteiger partial charge on any atom is 0.138 e. The van der Waals surface area contributed by atoms with Gasteiger partial charge in [0.1, 0.15) is 5.78 Å². The van der Waals surface area contributed by atoms with Gasteiger partial charge in [-0.1, -0.05) is 46.0 Å². The van der Waals surface area contributed by atoms with Gasteiger partial charge >= 0.3 is 0 Å². The van der Waals surface area contributed by atoms with E-state index in [1.807, 2.05) is 0 Å². The molecule has 1 saturated heterocycles. The molecule has 0 radical (unpaired) electrons. The molecular formula is C15H29NO. The van der Waals surface area contributed by atoms with E-state index in [1.165, 1.54) is 45.1 Å². The van der Waals surface area contributed by atoms with Gasteiger partial charge in [0.05, 0.1) is 0 Å². The SMILES string of the molecule is CCCCCC1CN(CCCCC)CCC1=O. The third-order valence-corrected chi connectivity index (χ3v) is 3.84. The number of unbranched alkanes of at least 4 members (excludes halogenated alkanes) is 4. The van der Waals surface area contributed by atoms with Crippen molar-refractivity contribution >= 4 is 5.78 Å². The molecule has 0 amide bonds. The van der Waals surface area contributed by atoms with Crippen LogP contribution in [0.4, 0.5) is 0 Å². The smallest absolute Gasteiger partial charge is 0.138 e. The Morgan fingerprint density at radius 1 is 1.12 bits per heavy atom. The van der Waals surface area contributed by atoms with Gasteiger partial charge in [-0.05, 0) is 19.4 Å². The number of carbonyl (C=O) groups excluding carboxylic acids is 1. The van der Waals surface area contributed by atoms with Gasteiger partial charge in [0, 0.05) is 25.4 Å². The van der Waals surface area contributed by atoms with Crippen molar-refractivity contribution in [1.29, 1.82) is 0 Å². The van der Waals surface area contributed by atoms with Crippen LogP contribution in [0.5, 0.6) is 0 Å². The molecule has 2 heteroatoms. The van der Waals surface area contributed by atoms with Crippen molar-refractivity contribution in [3.05, 3.63) is 0 Å². The molecule has 0 aliphatic carbocycles. The Kier molecular flexibility index (Phi) is 7.50. The van der Waals surface area contributed by atoms with Crippen molar-refractivity contribution in [3.63, 3.8) is 0 Å². The second-order valence-electron chi connectivity index (χ2n) is 5.42. The van der Waals surface area contributed by atoms with Crippen LogP contribution in [0.3, 0.4) is 0 Å². The maximum absolute atomic E-state index is 11.8. The standard InChI is InChI=1S/C15H29NO/c1-3-5-7-9-14-13-16(11-8-6-4-2)12-10-15(14)17/h14H,3-13H2,1-2H3. The molecule has 2 nitrogen and oxygen atoms in total. The number of hydrogen-bond donors (Lipinski definition) is 0. The van der Waals surface area contributed by atoms with Crippen molar-refractivity contribution in [2.24, 2.45) is 5.92 Å². The number of hydrogen-bond acceptors (Lipinski definition) is 2. The molecule has 0 spiro atoms. The Bertz CT molecular complexity index is 215. The molecule has 0 aromatic rings. The zero-order valence-electron chi connectivity index (χ0n) is 11.7. The molecule has 1 aliphatic rings. The summed E-state index contributed by atoms with van der Waals surface area (Å²) in [5.41, 5.74) is 0. The summed E-state index contributed by atoms with van der Waals surface area (Å²) in [5, 5.41) is 0. The molecule has 1 atom stereocenters. The summed E-state index contributed by atoms with van der Waals surface area (Å²) in [5.74, 6) is 0.866. The van der Waals surface area contributed by atoms with E-state index < -0.39 is 0 Å². The second kappa shape index (κ2) is 8.68. The van der Waals surface area contributed by atoms with Gasteiger partial charge < -0.3 is 4.90 Å². The lowest BCUT2D eigenvalue weighted by Gasteiger charge is -2.31. The third kappa shape index (κ3) is 5.67. The summed E-state index contributed by atoms with van der Waals surface area (Å²) < 4.78 is 0. The van der Waals surface area contributed by atoms with Gasteiger partial charge in [0.25, 0.3) is 0 Å². The van der Waals surface area contributed by atoms with Crippen molar-refractivity contribution in [2.45, 2.75) is 65.2 Å². The summed E-state index contributed by atoms with van der Waals surface area (Å²) >= 11 is 0. The van der Waals surface area contributed by atoms with Gasteiger partial charge in [-0.2, -0.15) is 0 Å². The van der Waals surface area contributed by atoms with E-state index in [0.717, 1.165) is 25.9 Å². The minimum Gasteiger partial charge on any atom is -0.302 e. The van der Waals surface area contributed by atoms with Gasteiger partial charge in [-0.15, -0.1) is 0 Å². The fraction of sp³-hybridized carbons (Fsp3) is 0.933. The predicted octanol–water partition coefficient (Wildman–Crippen LogP) is 3.65. The van der Waals surface area contributed by atoms with Crippen LogP contribution in [0.1, 0.15) is 65.2 Å². The third-order valence-electron chi connectivity index (χ3n) is 3.84. The normalized spacial score (nSPS) is 22.0. The van der Waals surface area contributed by atoms with Crippen LogP contribution >= 0.6 is 0 Å². The first kappa shape index (κ1) is 14.7. The molecule has 17 heavy (non-hydrogen) atoms. The number of ketones is 1. The zero-order valence-corrected chi connectivity index (χ0v) is 11.7. The molecule has 1 rings (SSSR count). The van der Waals surface area contributed by atoms with Crippen LogP contribution in [0.15, 0.2) is 0 Å². The average Bonchev–Trinajstić information content (AvgIpc) is 2.33. The Morgan fingerprint density at radius 2 is 1.82 bits per heavy atom. The lowest BCUT2D eigenvalue weighted by Crippen LogP contribution is -2.41. The number of nitrogens with zero attached hydrogens (tertiary/aromatic N) is 1. The monoisotopic (exact) mass is 239 g/mol. The average molecular weight is 239 g/mol. The van der Waals surface area contributed by atoms with Gasteiger partial charge in [-0.3, -0.25) is 4.79 Å². The van der Waals surface area contributed by atoms with Crippen LogP contribution in [-0.2, 0) is 4.79 Å².